The predicted octanol–water partition coefficient (Wildman–Crippen LogP) is 3.62. The topological polar surface area (TPSA) is 120 Å². The van der Waals surface area contributed by atoms with Gasteiger partial charge in [-0.15, -0.1) is 0 Å². The average molecular weight is 381 g/mol. The Kier molecular flexibility index (Phi) is 8.01. The highest BCUT2D eigenvalue weighted by Crippen LogP contribution is 2.17. The van der Waals surface area contributed by atoms with Crippen molar-refractivity contribution in [3.63, 3.8) is 0 Å². The van der Waals surface area contributed by atoms with E-state index >= 15 is 0 Å². The molecule has 0 heterocycles. The van der Waals surface area contributed by atoms with Gasteiger partial charge in [-0.25, -0.2) is 9.59 Å². The molecule has 1 rings (SSSR count). The molecule has 0 bridgehead atoms. The molecule has 9 nitrogen and oxygen atoms in total. The van der Waals surface area contributed by atoms with E-state index in [1.54, 1.807) is 20.8 Å². The molecule has 0 saturated carbocycles. The van der Waals surface area contributed by atoms with Crippen LogP contribution in [0.25, 0.3) is 0 Å². The largest absolute Gasteiger partial charge is 0.444 e. The van der Waals surface area contributed by atoms with Crippen LogP contribution < -0.4 is 15.4 Å². The molecule has 0 aliphatic rings. The Labute approximate surface area is 158 Å². The van der Waals surface area contributed by atoms with Gasteiger partial charge in [0.2, 0.25) is 0 Å². The third-order valence-corrected chi connectivity index (χ3v) is 3.23. The number of nitro groups is 1. The lowest BCUT2D eigenvalue weighted by Crippen LogP contribution is -2.46. The molecule has 0 unspecified atom stereocenters. The van der Waals surface area contributed by atoms with Gasteiger partial charge in [-0.2, -0.15) is 0 Å². The number of hydrogen-bond donors (Lipinski definition) is 2. The number of nitro benzene ring substituents is 1. The number of non-ortho nitro benzene ring substituents is 1. The van der Waals surface area contributed by atoms with Gasteiger partial charge < -0.3 is 20.1 Å². The Morgan fingerprint density at radius 2 is 1.74 bits per heavy atom. The van der Waals surface area contributed by atoms with Crippen LogP contribution in [0.3, 0.4) is 0 Å². The van der Waals surface area contributed by atoms with Crippen LogP contribution in [-0.2, 0) is 4.74 Å². The molecule has 27 heavy (non-hydrogen) atoms. The molecule has 0 spiro atoms. The summed E-state index contributed by atoms with van der Waals surface area (Å²) in [5.41, 5.74) is -0.712. The number of alkyl carbamates (subject to hydrolysis) is 1. The number of carbonyl (C=O) groups excluding carboxylic acids is 2. The van der Waals surface area contributed by atoms with E-state index in [1.165, 1.54) is 24.3 Å². The first kappa shape index (κ1) is 22.2. The number of nitrogens with zero attached hydrogens (tertiary/aromatic N) is 1. The summed E-state index contributed by atoms with van der Waals surface area (Å²) < 4.78 is 10.3. The van der Waals surface area contributed by atoms with Crippen LogP contribution in [0.15, 0.2) is 24.3 Å². The summed E-state index contributed by atoms with van der Waals surface area (Å²) in [6.45, 7) is 9.46. The fourth-order valence-corrected chi connectivity index (χ4v) is 2.22. The van der Waals surface area contributed by atoms with E-state index in [0.29, 0.717) is 6.42 Å². The van der Waals surface area contributed by atoms with Gasteiger partial charge in [-0.3, -0.25) is 10.1 Å². The summed E-state index contributed by atoms with van der Waals surface area (Å²) in [6, 6.07) is 4.83. The second-order valence-corrected chi connectivity index (χ2v) is 7.49. The van der Waals surface area contributed by atoms with Crippen molar-refractivity contribution in [1.29, 1.82) is 0 Å². The Balaban J connectivity index is 2.56. The van der Waals surface area contributed by atoms with E-state index in [9.17, 15) is 19.7 Å². The number of rotatable bonds is 7. The van der Waals surface area contributed by atoms with Gasteiger partial charge in [0.05, 0.1) is 4.92 Å². The Bertz CT molecular complexity index is 652. The molecule has 0 radical (unpaired) electrons. The maximum absolute atomic E-state index is 11.9. The standard InChI is InChI=1S/C18H27N3O6/c1-12(2)10-13(20-17(23)27-18(3,4)5)11-19-16(22)26-15-8-6-14(7-9-15)21(24)25/h6-9,12-13H,10-11H2,1-5H3,(H,19,22)(H,20,23)/t13-/m0/s1. The molecule has 0 aliphatic heterocycles. The van der Waals surface area contributed by atoms with E-state index in [-0.39, 0.29) is 29.9 Å². The summed E-state index contributed by atoms with van der Waals surface area (Å²) in [5.74, 6) is 0.469. The molecule has 1 aromatic rings. The molecule has 150 valence electrons. The molecule has 2 amide bonds. The first-order valence-electron chi connectivity index (χ1n) is 8.66. The summed E-state index contributed by atoms with van der Waals surface area (Å²) in [4.78, 5) is 33.9. The highest BCUT2D eigenvalue weighted by molar-refractivity contribution is 5.71. The number of amides is 2. The number of hydrogen-bond acceptors (Lipinski definition) is 6. The van der Waals surface area contributed by atoms with Crippen LogP contribution in [0.1, 0.15) is 41.0 Å². The van der Waals surface area contributed by atoms with E-state index in [4.69, 9.17) is 9.47 Å². The molecule has 9 heteroatoms. The van der Waals surface area contributed by atoms with Crippen molar-refractivity contribution in [3.8, 4) is 5.75 Å². The summed E-state index contributed by atoms with van der Waals surface area (Å²) >= 11 is 0. The second-order valence-electron chi connectivity index (χ2n) is 7.49. The maximum Gasteiger partial charge on any atom is 0.412 e. The predicted molar refractivity (Wildman–Crippen MR) is 99.7 cm³/mol. The molecular formula is C18H27N3O6. The number of benzene rings is 1. The highest BCUT2D eigenvalue weighted by Gasteiger charge is 2.21. The van der Waals surface area contributed by atoms with Gasteiger partial charge >= 0.3 is 12.2 Å². The Morgan fingerprint density at radius 3 is 2.22 bits per heavy atom. The molecule has 0 aliphatic carbocycles. The quantitative estimate of drug-likeness (QED) is 0.550. The van der Waals surface area contributed by atoms with Gasteiger partial charge in [0.1, 0.15) is 11.4 Å². The van der Waals surface area contributed by atoms with Crippen LogP contribution in [0, 0.1) is 16.0 Å². The van der Waals surface area contributed by atoms with Crippen molar-refractivity contribution in [1.82, 2.24) is 10.6 Å². The molecule has 0 fully saturated rings. The van der Waals surface area contributed by atoms with Crippen molar-refractivity contribution >= 4 is 17.9 Å². The van der Waals surface area contributed by atoms with Crippen LogP contribution in [0.4, 0.5) is 15.3 Å². The third kappa shape index (κ3) is 9.43. The van der Waals surface area contributed by atoms with Crippen LogP contribution in [-0.4, -0.2) is 35.3 Å². The van der Waals surface area contributed by atoms with Crippen LogP contribution in [0.2, 0.25) is 0 Å². The summed E-state index contributed by atoms with van der Waals surface area (Å²) in [5, 5.41) is 15.9. The lowest BCUT2D eigenvalue weighted by Gasteiger charge is -2.24. The van der Waals surface area contributed by atoms with Crippen LogP contribution >= 0.6 is 0 Å². The molecule has 0 saturated heterocycles. The lowest BCUT2D eigenvalue weighted by molar-refractivity contribution is -0.384. The van der Waals surface area contributed by atoms with Gasteiger partial charge in [0.15, 0.2) is 0 Å². The van der Waals surface area contributed by atoms with E-state index in [2.05, 4.69) is 10.6 Å². The van der Waals surface area contributed by atoms with Crippen molar-refractivity contribution in [2.75, 3.05) is 6.54 Å². The highest BCUT2D eigenvalue weighted by atomic mass is 16.6. The zero-order valence-electron chi connectivity index (χ0n) is 16.3. The zero-order valence-corrected chi connectivity index (χ0v) is 16.3. The van der Waals surface area contributed by atoms with Gasteiger partial charge in [-0.05, 0) is 45.2 Å². The number of carbonyl (C=O) groups is 2. The Hall–Kier alpha value is -2.84. The number of ether oxygens (including phenoxy) is 2. The first-order chi connectivity index (χ1) is 12.5. The van der Waals surface area contributed by atoms with E-state index in [1.807, 2.05) is 13.8 Å². The van der Waals surface area contributed by atoms with Crippen molar-refractivity contribution in [2.45, 2.75) is 52.7 Å². The monoisotopic (exact) mass is 381 g/mol. The fraction of sp³-hybridized carbons (Fsp3) is 0.556. The summed E-state index contributed by atoms with van der Waals surface area (Å²) in [6.07, 6.45) is -0.640. The fourth-order valence-electron chi connectivity index (χ4n) is 2.22. The molecule has 1 aromatic carbocycles. The minimum atomic E-state index is -0.719. The van der Waals surface area contributed by atoms with Crippen molar-refractivity contribution in [3.05, 3.63) is 34.4 Å². The van der Waals surface area contributed by atoms with Crippen molar-refractivity contribution < 1.29 is 24.0 Å². The zero-order chi connectivity index (χ0) is 20.6. The average Bonchev–Trinajstić information content (AvgIpc) is 2.50. The van der Waals surface area contributed by atoms with Gasteiger partial charge in [0, 0.05) is 24.7 Å². The third-order valence-electron chi connectivity index (χ3n) is 3.23. The first-order valence-corrected chi connectivity index (χ1v) is 8.66. The van der Waals surface area contributed by atoms with E-state index < -0.39 is 22.7 Å². The molecule has 2 N–H and O–H groups in total. The van der Waals surface area contributed by atoms with Crippen LogP contribution in [0.5, 0.6) is 5.75 Å². The maximum atomic E-state index is 11.9. The SMILES string of the molecule is CC(C)C[C@@H](CNC(=O)Oc1ccc([N+](=O)[O-])cc1)NC(=O)OC(C)(C)C. The number of nitrogens with one attached hydrogen (secondary N) is 2. The summed E-state index contributed by atoms with van der Waals surface area (Å²) in [7, 11) is 0. The van der Waals surface area contributed by atoms with E-state index in [0.717, 1.165) is 0 Å². The molecular weight excluding hydrogens is 354 g/mol. The van der Waals surface area contributed by atoms with Crippen molar-refractivity contribution in [2.24, 2.45) is 5.92 Å². The smallest absolute Gasteiger partial charge is 0.412 e. The van der Waals surface area contributed by atoms with Gasteiger partial charge in [-0.1, -0.05) is 13.8 Å². The Morgan fingerprint density at radius 1 is 1.15 bits per heavy atom. The molecule has 0 aromatic heterocycles. The van der Waals surface area contributed by atoms with Gasteiger partial charge in [0.25, 0.3) is 5.69 Å². The molecule has 1 atom stereocenters. The second kappa shape index (κ2) is 9.75. The minimum absolute atomic E-state index is 0.0960. The normalized spacial score (nSPS) is 12.2. The lowest BCUT2D eigenvalue weighted by atomic mass is 10.0. The minimum Gasteiger partial charge on any atom is -0.444 e.